The van der Waals surface area contributed by atoms with Gasteiger partial charge in [0.2, 0.25) is 11.8 Å². The lowest BCUT2D eigenvalue weighted by Crippen LogP contribution is -2.51. The molecule has 4 N–H and O–H groups in total. The molecule has 3 aliphatic heterocycles. The molecule has 61 heavy (non-hydrogen) atoms. The second-order valence-corrected chi connectivity index (χ2v) is 16.7. The molecule has 15 nitrogen and oxygen atoms in total. The van der Waals surface area contributed by atoms with Gasteiger partial charge in [-0.1, -0.05) is 66.7 Å². The number of H-pyrrole nitrogens is 2. The number of aromatic amines is 2. The Bertz CT molecular complexity index is 2450. The van der Waals surface area contributed by atoms with Gasteiger partial charge in [0.1, 0.15) is 36.1 Å². The SMILES string of the molecule is CC.COC(=O)NC(C(=O)N1CC(C)CC1c1ncc(-c2ccc3c(c2)COc2cc4c(ccc5[nH]c([C@@H]6CCCN6C(=O)C(NC(=O)OC)C(C)C)nc54)cc2-3)[nH]1)C(C)C.[HH].[HH]. The smallest absolute Gasteiger partial charge is 0.407 e. The summed E-state index contributed by atoms with van der Waals surface area (Å²) in [5.41, 5.74) is 6.59. The fraction of sp³-hybridized carbons (Fsp3) is 0.478. The number of nitrogens with one attached hydrogen (secondary N) is 4. The van der Waals surface area contributed by atoms with E-state index in [0.29, 0.717) is 25.5 Å². The van der Waals surface area contributed by atoms with E-state index in [9.17, 15) is 19.2 Å². The van der Waals surface area contributed by atoms with E-state index in [2.05, 4.69) is 63.9 Å². The normalized spacial score (nSPS) is 19.2. The summed E-state index contributed by atoms with van der Waals surface area (Å²) in [6.07, 6.45) is 2.89. The minimum atomic E-state index is -0.713. The lowest BCUT2D eigenvalue weighted by atomic mass is 9.92. The van der Waals surface area contributed by atoms with Gasteiger partial charge in [0.15, 0.2) is 0 Å². The molecule has 0 bridgehead atoms. The van der Waals surface area contributed by atoms with Crippen molar-refractivity contribution in [2.75, 3.05) is 27.3 Å². The van der Waals surface area contributed by atoms with Gasteiger partial charge >= 0.3 is 12.2 Å². The number of hydrogen-bond acceptors (Lipinski definition) is 9. The van der Waals surface area contributed by atoms with Crippen LogP contribution in [0.1, 0.15) is 99.9 Å². The minimum Gasteiger partial charge on any atom is -0.488 e. The van der Waals surface area contributed by atoms with E-state index < -0.39 is 24.3 Å². The maximum atomic E-state index is 13.8. The largest absolute Gasteiger partial charge is 0.488 e. The minimum absolute atomic E-state index is 0. The first-order valence-corrected chi connectivity index (χ1v) is 21.4. The van der Waals surface area contributed by atoms with E-state index in [-0.39, 0.29) is 44.5 Å². The molecule has 5 atom stereocenters. The third-order valence-corrected chi connectivity index (χ3v) is 12.0. The number of ether oxygens (including phenoxy) is 3. The Hall–Kier alpha value is -6.12. The van der Waals surface area contributed by atoms with Crippen molar-refractivity contribution in [3.05, 3.63) is 65.9 Å². The van der Waals surface area contributed by atoms with Gasteiger partial charge in [-0.15, -0.1) is 0 Å². The lowest BCUT2D eigenvalue weighted by molar-refractivity contribution is -0.136. The van der Waals surface area contributed by atoms with Crippen LogP contribution in [0.5, 0.6) is 5.75 Å². The molecule has 0 radical (unpaired) electrons. The van der Waals surface area contributed by atoms with E-state index in [4.69, 9.17) is 24.2 Å². The molecule has 4 amide bonds. The number of methoxy groups -OCH3 is 2. The number of nitrogens with zero attached hydrogens (tertiary/aromatic N) is 4. The molecule has 5 heterocycles. The molecule has 15 heteroatoms. The van der Waals surface area contributed by atoms with Gasteiger partial charge in [-0.3, -0.25) is 9.59 Å². The van der Waals surface area contributed by atoms with Crippen LogP contribution < -0.4 is 15.4 Å². The highest BCUT2D eigenvalue weighted by molar-refractivity contribution is 6.07. The zero-order chi connectivity index (χ0) is 43.7. The summed E-state index contributed by atoms with van der Waals surface area (Å²) >= 11 is 0. The third kappa shape index (κ3) is 8.34. The van der Waals surface area contributed by atoms with Crippen molar-refractivity contribution in [1.29, 1.82) is 0 Å². The fourth-order valence-electron chi connectivity index (χ4n) is 8.90. The Balaban J connectivity index is 0.00000184. The highest BCUT2D eigenvalue weighted by atomic mass is 16.5. The molecule has 0 spiro atoms. The second-order valence-electron chi connectivity index (χ2n) is 16.7. The zero-order valence-electron chi connectivity index (χ0n) is 36.5. The first-order valence-electron chi connectivity index (χ1n) is 21.4. The Kier molecular flexibility index (Phi) is 12.6. The van der Waals surface area contributed by atoms with Crippen molar-refractivity contribution in [3.63, 3.8) is 0 Å². The number of likely N-dealkylation sites (tertiary alicyclic amines) is 2. The van der Waals surface area contributed by atoms with Crippen LogP contribution in [0.3, 0.4) is 0 Å². The van der Waals surface area contributed by atoms with E-state index in [1.54, 1.807) is 0 Å². The molecule has 2 fully saturated rings. The lowest BCUT2D eigenvalue weighted by Gasteiger charge is -2.30. The maximum absolute atomic E-state index is 13.8. The molecule has 3 aliphatic rings. The van der Waals surface area contributed by atoms with Crippen LogP contribution in [0, 0.1) is 17.8 Å². The molecular weight excluding hydrogens is 777 g/mol. The summed E-state index contributed by atoms with van der Waals surface area (Å²) in [5.74, 6) is 1.91. The van der Waals surface area contributed by atoms with Gasteiger partial charge in [0.25, 0.3) is 0 Å². The van der Waals surface area contributed by atoms with Crippen LogP contribution in [0.15, 0.2) is 48.7 Å². The number of hydrogen-bond donors (Lipinski definition) is 4. The molecule has 0 saturated carbocycles. The third-order valence-electron chi connectivity index (χ3n) is 12.0. The number of fused-ring (bicyclic) bond motifs is 6. The van der Waals surface area contributed by atoms with Gasteiger partial charge in [-0.05, 0) is 83.4 Å². The van der Waals surface area contributed by atoms with Crippen molar-refractivity contribution >= 4 is 45.8 Å². The second kappa shape index (κ2) is 17.8. The summed E-state index contributed by atoms with van der Waals surface area (Å²) in [5, 5.41) is 7.40. The first kappa shape index (κ1) is 43.0. The van der Waals surface area contributed by atoms with Crippen molar-refractivity contribution in [1.82, 2.24) is 40.4 Å². The van der Waals surface area contributed by atoms with Gasteiger partial charge < -0.3 is 44.6 Å². The molecule has 328 valence electrons. The van der Waals surface area contributed by atoms with Crippen LogP contribution in [-0.4, -0.2) is 93.1 Å². The molecule has 2 aromatic heterocycles. The quantitative estimate of drug-likeness (QED) is 0.113. The summed E-state index contributed by atoms with van der Waals surface area (Å²) in [4.78, 5) is 72.2. The number of amides is 4. The van der Waals surface area contributed by atoms with Crippen molar-refractivity contribution in [3.8, 4) is 28.1 Å². The number of benzene rings is 3. The molecule has 8 rings (SSSR count). The van der Waals surface area contributed by atoms with Crippen LogP contribution in [0.2, 0.25) is 0 Å². The molecular formula is C46H62N8O7. The predicted molar refractivity (Wildman–Crippen MR) is 237 cm³/mol. The standard InChI is InChI=1S/C44H52N8O7.C2H6.2H2/c1-22(2)36(49-43(55)57-6)41(53)51-14-8-9-33(51)40-46-31-13-11-25-17-30-28-12-10-26(16-27(28)21-59-35(30)18-29(25)38(31)48-40)32-19-45-39(47-32)34-15-24(5)20-52(34)42(54)37(23(3)4)50-44(56)58-7;1-2;;/h10-13,16-19,22-24,33-34,36-37H,8-9,14-15,20-21H2,1-7H3,(H,45,47)(H,46,48)(H,49,55)(H,50,56);1-2H3;2*1H/t24?,33-,34?,36?,37?;;;/m0.../s1. The topological polar surface area (TPSA) is 184 Å². The molecule has 5 aromatic rings. The number of alkyl carbamates (subject to hydrolysis) is 2. The summed E-state index contributed by atoms with van der Waals surface area (Å²) in [6.45, 7) is 15.3. The van der Waals surface area contributed by atoms with Crippen LogP contribution >= 0.6 is 0 Å². The van der Waals surface area contributed by atoms with Gasteiger partial charge in [0.05, 0.1) is 49.2 Å². The predicted octanol–water partition coefficient (Wildman–Crippen LogP) is 8.52. The van der Waals surface area contributed by atoms with Gasteiger partial charge in [-0.25, -0.2) is 19.6 Å². The van der Waals surface area contributed by atoms with Gasteiger partial charge in [0, 0.05) is 26.9 Å². The van der Waals surface area contributed by atoms with Crippen LogP contribution in [0.25, 0.3) is 44.2 Å². The Labute approximate surface area is 359 Å². The zero-order valence-corrected chi connectivity index (χ0v) is 36.5. The monoisotopic (exact) mass is 838 g/mol. The molecule has 4 unspecified atom stereocenters. The van der Waals surface area contributed by atoms with Gasteiger partial charge in [-0.2, -0.15) is 0 Å². The summed E-state index contributed by atoms with van der Waals surface area (Å²) in [6, 6.07) is 12.7. The Morgan fingerprint density at radius 2 is 1.54 bits per heavy atom. The van der Waals surface area contributed by atoms with E-state index in [0.717, 1.165) is 80.6 Å². The molecule has 2 saturated heterocycles. The average molecular weight is 839 g/mol. The highest BCUT2D eigenvalue weighted by Crippen LogP contribution is 2.43. The molecule has 0 aliphatic carbocycles. The molecule has 3 aromatic carbocycles. The van der Waals surface area contributed by atoms with Crippen LogP contribution in [0.4, 0.5) is 9.59 Å². The number of imidazole rings is 2. The van der Waals surface area contributed by atoms with Crippen molar-refractivity contribution < 1.29 is 36.2 Å². The van der Waals surface area contributed by atoms with E-state index >= 15 is 0 Å². The first-order chi connectivity index (χ1) is 29.3. The van der Waals surface area contributed by atoms with E-state index in [1.807, 2.05) is 63.6 Å². The number of carbonyl (C=O) groups excluding carboxylic acids is 4. The van der Waals surface area contributed by atoms with Crippen molar-refractivity contribution in [2.24, 2.45) is 17.8 Å². The Morgan fingerprint density at radius 1 is 0.852 bits per heavy atom. The Morgan fingerprint density at radius 3 is 2.21 bits per heavy atom. The van der Waals surface area contributed by atoms with E-state index in [1.165, 1.54) is 14.2 Å². The fourth-order valence-corrected chi connectivity index (χ4v) is 8.90. The van der Waals surface area contributed by atoms with Crippen molar-refractivity contribution in [2.45, 2.75) is 98.5 Å². The average Bonchev–Trinajstić information content (AvgIpc) is 4.10. The summed E-state index contributed by atoms with van der Waals surface area (Å²) < 4.78 is 16.0. The number of rotatable bonds is 9. The number of carbonyl (C=O) groups is 4. The highest BCUT2D eigenvalue weighted by Gasteiger charge is 2.41. The maximum Gasteiger partial charge on any atom is 0.407 e. The summed E-state index contributed by atoms with van der Waals surface area (Å²) in [7, 11) is 2.58. The van der Waals surface area contributed by atoms with Crippen LogP contribution in [-0.2, 0) is 25.7 Å². The number of aromatic nitrogens is 4.